The van der Waals surface area contributed by atoms with Crippen molar-refractivity contribution in [3.8, 4) is 0 Å². The van der Waals surface area contributed by atoms with Crippen molar-refractivity contribution in [2.45, 2.75) is 13.8 Å². The third-order valence-corrected chi connectivity index (χ3v) is 7.86. The molecule has 0 spiro atoms. The zero-order valence-corrected chi connectivity index (χ0v) is 20.8. The highest BCUT2D eigenvalue weighted by molar-refractivity contribution is 9.11. The van der Waals surface area contributed by atoms with Crippen molar-refractivity contribution >= 4 is 121 Å². The molecule has 0 heterocycles. The summed E-state index contributed by atoms with van der Waals surface area (Å²) in [6.07, 6.45) is 0. The normalized spacial score (nSPS) is 12.3. The number of rotatable bonds is 0. The van der Waals surface area contributed by atoms with Crippen LogP contribution in [-0.4, -0.2) is 0 Å². The zero-order chi connectivity index (χ0) is 20.1. The van der Waals surface area contributed by atoms with Gasteiger partial charge in [-0.2, -0.15) is 0 Å². The van der Waals surface area contributed by atoms with Gasteiger partial charge in [-0.1, -0.05) is 78.3 Å². The molecule has 140 valence electrons. The molecule has 0 saturated carbocycles. The lowest BCUT2D eigenvalue weighted by molar-refractivity contribution is 1.48. The molecule has 0 N–H and O–H groups in total. The van der Waals surface area contributed by atoms with Crippen molar-refractivity contribution in [1.29, 1.82) is 0 Å². The fourth-order valence-electron chi connectivity index (χ4n) is 4.44. The maximum atomic E-state index is 6.80. The van der Waals surface area contributed by atoms with Crippen molar-refractivity contribution in [3.05, 3.63) is 64.4 Å². The van der Waals surface area contributed by atoms with E-state index in [1.807, 2.05) is 24.3 Å². The predicted molar refractivity (Wildman–Crippen MR) is 133 cm³/mol. The van der Waals surface area contributed by atoms with E-state index in [-0.39, 0.29) is 0 Å². The minimum Gasteiger partial charge on any atom is -0.0836 e. The van der Waals surface area contributed by atoms with Gasteiger partial charge in [0.25, 0.3) is 0 Å². The summed E-state index contributed by atoms with van der Waals surface area (Å²) in [6.45, 7) is 4.13. The third kappa shape index (κ3) is 2.43. The van der Waals surface area contributed by atoms with Crippen molar-refractivity contribution in [3.63, 3.8) is 0 Å². The molecule has 0 radical (unpaired) electrons. The van der Waals surface area contributed by atoms with Crippen LogP contribution in [0.5, 0.6) is 0 Å². The van der Waals surface area contributed by atoms with Crippen molar-refractivity contribution in [1.82, 2.24) is 0 Å². The summed E-state index contributed by atoms with van der Waals surface area (Å²) in [5.41, 5.74) is 2.20. The third-order valence-electron chi connectivity index (χ3n) is 5.41. The highest BCUT2D eigenvalue weighted by Gasteiger charge is 2.24. The van der Waals surface area contributed by atoms with Crippen LogP contribution in [0.1, 0.15) is 11.1 Å². The fraction of sp³-hybridized carbons (Fsp3) is 0.0909. The minimum absolute atomic E-state index is 0.616. The van der Waals surface area contributed by atoms with Crippen molar-refractivity contribution in [2.75, 3.05) is 0 Å². The molecule has 28 heavy (non-hydrogen) atoms. The van der Waals surface area contributed by atoms with Crippen molar-refractivity contribution < 1.29 is 0 Å². The Labute approximate surface area is 198 Å². The number of halogens is 6. The topological polar surface area (TPSA) is 0 Å². The number of hydrogen-bond acceptors (Lipinski definition) is 0. The summed E-state index contributed by atoms with van der Waals surface area (Å²) >= 11 is 34.5. The van der Waals surface area contributed by atoms with Gasteiger partial charge in [-0.05, 0) is 54.6 Å². The van der Waals surface area contributed by atoms with Gasteiger partial charge >= 0.3 is 0 Å². The average Bonchev–Trinajstić information content (AvgIpc) is 2.58. The summed E-state index contributed by atoms with van der Waals surface area (Å²) < 4.78 is 1.76. The van der Waals surface area contributed by atoms with Crippen LogP contribution in [0, 0.1) is 13.8 Å². The van der Waals surface area contributed by atoms with E-state index >= 15 is 0 Å². The second-order valence-electron chi connectivity index (χ2n) is 7.03. The lowest BCUT2D eigenvalue weighted by atomic mass is 9.87. The van der Waals surface area contributed by atoms with Crippen LogP contribution in [0.2, 0.25) is 20.1 Å². The molecule has 5 aromatic rings. The second kappa shape index (κ2) is 6.51. The summed E-state index contributed by atoms with van der Waals surface area (Å²) in [7, 11) is 0. The highest BCUT2D eigenvalue weighted by atomic mass is 79.9. The van der Waals surface area contributed by atoms with E-state index in [9.17, 15) is 0 Å². The molecule has 0 aromatic heterocycles. The van der Waals surface area contributed by atoms with Gasteiger partial charge in [-0.3, -0.25) is 0 Å². The largest absolute Gasteiger partial charge is 0.0836 e. The van der Waals surface area contributed by atoms with Crippen molar-refractivity contribution in [2.24, 2.45) is 0 Å². The van der Waals surface area contributed by atoms with E-state index in [0.717, 1.165) is 63.2 Å². The van der Waals surface area contributed by atoms with Gasteiger partial charge in [0, 0.05) is 56.7 Å². The zero-order valence-electron chi connectivity index (χ0n) is 14.6. The summed E-state index contributed by atoms with van der Waals surface area (Å²) in [6, 6.07) is 7.82. The molecule has 0 atom stereocenters. The van der Waals surface area contributed by atoms with E-state index in [4.69, 9.17) is 46.4 Å². The van der Waals surface area contributed by atoms with Crippen LogP contribution in [0.4, 0.5) is 0 Å². The predicted octanol–water partition coefficient (Wildman–Crippen LogP) is 10.5. The Bertz CT molecular complexity index is 1270. The number of fused-ring (bicyclic) bond motifs is 2. The lowest BCUT2D eigenvalue weighted by Gasteiger charge is -2.21. The lowest BCUT2D eigenvalue weighted by Crippen LogP contribution is -1.95. The number of hydrogen-bond donors (Lipinski definition) is 0. The average molecular weight is 576 g/mol. The van der Waals surface area contributed by atoms with E-state index < -0.39 is 0 Å². The Morgan fingerprint density at radius 2 is 0.786 bits per heavy atom. The standard InChI is InChI=1S/C22H10Br2Cl4/c1-7-3-11(25)17-19-13(27)5-9(23)16-10(24)6-14(28)20(22(16)19)18-12(26)4-8(2)15(7)21(17)18/h3-6H,1-2H3. The maximum Gasteiger partial charge on any atom is 0.0503 e. The molecule has 0 nitrogen and oxygen atoms in total. The second-order valence-corrected chi connectivity index (χ2v) is 10.4. The minimum atomic E-state index is 0.616. The first-order chi connectivity index (χ1) is 13.2. The molecule has 0 aliphatic heterocycles. The molecular weight excluding hydrogens is 566 g/mol. The quantitative estimate of drug-likeness (QED) is 0.127. The fourth-order valence-corrected chi connectivity index (χ4v) is 7.56. The van der Waals surface area contributed by atoms with Crippen LogP contribution >= 0.6 is 78.3 Å². The molecule has 0 aliphatic carbocycles. The van der Waals surface area contributed by atoms with E-state index in [1.165, 1.54) is 0 Å². The van der Waals surface area contributed by atoms with Crippen LogP contribution in [0.25, 0.3) is 43.1 Å². The summed E-state index contributed by atoms with van der Waals surface area (Å²) in [5, 5.41) is 10.2. The van der Waals surface area contributed by atoms with Crippen LogP contribution < -0.4 is 0 Å². The van der Waals surface area contributed by atoms with E-state index in [0.29, 0.717) is 20.1 Å². The van der Waals surface area contributed by atoms with Crippen LogP contribution in [0.3, 0.4) is 0 Å². The molecule has 6 heteroatoms. The monoisotopic (exact) mass is 572 g/mol. The number of benzene rings is 5. The molecule has 5 rings (SSSR count). The van der Waals surface area contributed by atoms with Gasteiger partial charge in [0.05, 0.1) is 10.0 Å². The molecule has 0 bridgehead atoms. The van der Waals surface area contributed by atoms with Gasteiger partial charge in [-0.15, -0.1) is 0 Å². The van der Waals surface area contributed by atoms with Gasteiger partial charge in [-0.25, -0.2) is 0 Å². The Kier molecular flexibility index (Phi) is 4.53. The van der Waals surface area contributed by atoms with Gasteiger partial charge in [0.15, 0.2) is 0 Å². The molecule has 0 amide bonds. The molecule has 5 aromatic carbocycles. The first-order valence-corrected chi connectivity index (χ1v) is 11.5. The summed E-state index contributed by atoms with van der Waals surface area (Å²) in [5.74, 6) is 0. The molecule has 0 unspecified atom stereocenters. The Morgan fingerprint density at radius 1 is 0.464 bits per heavy atom. The first-order valence-electron chi connectivity index (χ1n) is 8.44. The number of aryl methyl sites for hydroxylation is 2. The van der Waals surface area contributed by atoms with Crippen LogP contribution in [0.15, 0.2) is 33.2 Å². The molecular formula is C22H10Br2Cl4. The van der Waals surface area contributed by atoms with Gasteiger partial charge in [0.1, 0.15) is 0 Å². The molecule has 0 fully saturated rings. The Balaban J connectivity index is 2.38. The SMILES string of the molecule is Cc1cc(Cl)c2c3c(Cl)cc(Br)c4c(Br)cc(Cl)c(c5c(Cl)cc(C)c1c25)c43. The molecule has 0 aliphatic rings. The Hall–Kier alpha value is -0.480. The van der Waals surface area contributed by atoms with E-state index in [2.05, 4.69) is 45.7 Å². The van der Waals surface area contributed by atoms with Crippen LogP contribution in [-0.2, 0) is 0 Å². The maximum absolute atomic E-state index is 6.80. The molecule has 0 saturated heterocycles. The summed E-state index contributed by atoms with van der Waals surface area (Å²) in [4.78, 5) is 0. The smallest absolute Gasteiger partial charge is 0.0503 e. The van der Waals surface area contributed by atoms with Gasteiger partial charge in [0.2, 0.25) is 0 Å². The first kappa shape index (κ1) is 19.5. The van der Waals surface area contributed by atoms with E-state index in [1.54, 1.807) is 0 Å². The van der Waals surface area contributed by atoms with Gasteiger partial charge < -0.3 is 0 Å². The highest BCUT2D eigenvalue weighted by Crippen LogP contribution is 2.53. The Morgan fingerprint density at radius 3 is 1.18 bits per heavy atom.